The summed E-state index contributed by atoms with van der Waals surface area (Å²) in [6.07, 6.45) is 1.20. The van der Waals surface area contributed by atoms with Crippen LogP contribution in [-0.2, 0) is 4.79 Å². The van der Waals surface area contributed by atoms with Gasteiger partial charge in [0.1, 0.15) is 5.78 Å². The zero-order valence-corrected chi connectivity index (χ0v) is 9.77. The molecule has 1 atom stereocenters. The fraction of sp³-hybridized carbons (Fsp3) is 0.364. The minimum atomic E-state index is 0. The van der Waals surface area contributed by atoms with Gasteiger partial charge in [0.2, 0.25) is 0 Å². The Labute approximate surface area is 100 Å². The van der Waals surface area contributed by atoms with Crippen LogP contribution in [0.4, 0.5) is 0 Å². The van der Waals surface area contributed by atoms with Gasteiger partial charge in [-0.15, -0.1) is 12.4 Å². The summed E-state index contributed by atoms with van der Waals surface area (Å²) in [6.45, 7) is 0.759. The van der Waals surface area contributed by atoms with Crippen molar-refractivity contribution in [1.29, 1.82) is 0 Å². The summed E-state index contributed by atoms with van der Waals surface area (Å²) >= 11 is 6.05. The summed E-state index contributed by atoms with van der Waals surface area (Å²) < 4.78 is 0. The highest BCUT2D eigenvalue weighted by molar-refractivity contribution is 6.31. The highest BCUT2D eigenvalue weighted by Gasteiger charge is 2.21. The predicted molar refractivity (Wildman–Crippen MR) is 63.7 cm³/mol. The van der Waals surface area contributed by atoms with Crippen molar-refractivity contribution in [3.63, 3.8) is 0 Å². The standard InChI is InChI=1S/C11H12ClNO.ClH/c12-10-4-2-1-3-9(10)11-7-8(14)5-6-13-11;/h1-4,11,13H,5-7H2;1H. The first kappa shape index (κ1) is 12.5. The van der Waals surface area contributed by atoms with Crippen molar-refractivity contribution in [3.05, 3.63) is 34.9 Å². The lowest BCUT2D eigenvalue weighted by atomic mass is 9.97. The molecule has 1 fully saturated rings. The molecule has 0 saturated carbocycles. The van der Waals surface area contributed by atoms with E-state index in [0.29, 0.717) is 18.6 Å². The molecular weight excluding hydrogens is 233 g/mol. The summed E-state index contributed by atoms with van der Waals surface area (Å²) in [5, 5.41) is 4.04. The molecule has 2 rings (SSSR count). The van der Waals surface area contributed by atoms with Crippen LogP contribution in [0.1, 0.15) is 24.4 Å². The molecule has 1 aliphatic rings. The van der Waals surface area contributed by atoms with E-state index in [-0.39, 0.29) is 18.4 Å². The largest absolute Gasteiger partial charge is 0.309 e. The number of nitrogens with one attached hydrogen (secondary N) is 1. The summed E-state index contributed by atoms with van der Waals surface area (Å²) in [4.78, 5) is 11.3. The fourth-order valence-corrected chi connectivity index (χ4v) is 2.03. The Bertz CT molecular complexity index is 354. The molecule has 0 spiro atoms. The number of Topliss-reactive ketones (excluding diaryl/α,β-unsaturated/α-hetero) is 1. The number of benzene rings is 1. The van der Waals surface area contributed by atoms with E-state index in [0.717, 1.165) is 17.1 Å². The van der Waals surface area contributed by atoms with Gasteiger partial charge >= 0.3 is 0 Å². The number of ketones is 1. The second kappa shape index (κ2) is 5.50. The maximum Gasteiger partial charge on any atom is 0.136 e. The van der Waals surface area contributed by atoms with E-state index in [4.69, 9.17) is 11.6 Å². The van der Waals surface area contributed by atoms with Crippen LogP contribution in [0.3, 0.4) is 0 Å². The van der Waals surface area contributed by atoms with Gasteiger partial charge in [0.25, 0.3) is 0 Å². The highest BCUT2D eigenvalue weighted by atomic mass is 35.5. The van der Waals surface area contributed by atoms with Crippen LogP contribution in [0.2, 0.25) is 5.02 Å². The molecule has 0 aromatic heterocycles. The topological polar surface area (TPSA) is 29.1 Å². The van der Waals surface area contributed by atoms with Crippen LogP contribution < -0.4 is 5.32 Å². The minimum absolute atomic E-state index is 0. The molecule has 1 N–H and O–H groups in total. The van der Waals surface area contributed by atoms with Gasteiger partial charge in [-0.1, -0.05) is 29.8 Å². The molecule has 2 nitrogen and oxygen atoms in total. The van der Waals surface area contributed by atoms with Gasteiger partial charge in [-0.2, -0.15) is 0 Å². The van der Waals surface area contributed by atoms with Gasteiger partial charge in [0.15, 0.2) is 0 Å². The van der Waals surface area contributed by atoms with E-state index < -0.39 is 0 Å². The third-order valence-electron chi connectivity index (χ3n) is 2.51. The van der Waals surface area contributed by atoms with Crippen LogP contribution in [-0.4, -0.2) is 12.3 Å². The first-order chi connectivity index (χ1) is 6.77. The van der Waals surface area contributed by atoms with Gasteiger partial charge in [-0.25, -0.2) is 0 Å². The molecule has 0 aliphatic carbocycles. The van der Waals surface area contributed by atoms with Crippen LogP contribution in [0.15, 0.2) is 24.3 Å². The third kappa shape index (κ3) is 2.94. The fourth-order valence-electron chi connectivity index (χ4n) is 1.77. The first-order valence-electron chi connectivity index (χ1n) is 4.77. The molecule has 4 heteroatoms. The highest BCUT2D eigenvalue weighted by Crippen LogP contribution is 2.27. The summed E-state index contributed by atoms with van der Waals surface area (Å²) in [6, 6.07) is 7.78. The average molecular weight is 246 g/mol. The molecular formula is C11H13Cl2NO. The van der Waals surface area contributed by atoms with Crippen LogP contribution in [0.5, 0.6) is 0 Å². The Morgan fingerprint density at radius 1 is 1.33 bits per heavy atom. The number of piperidine rings is 1. The van der Waals surface area contributed by atoms with Crippen LogP contribution in [0, 0.1) is 0 Å². The predicted octanol–water partition coefficient (Wildman–Crippen LogP) is 2.76. The SMILES string of the molecule is Cl.O=C1CCNC(c2ccccc2Cl)C1. The van der Waals surface area contributed by atoms with Gasteiger partial charge in [0.05, 0.1) is 0 Å². The molecule has 0 bridgehead atoms. The van der Waals surface area contributed by atoms with Gasteiger partial charge < -0.3 is 5.32 Å². The van der Waals surface area contributed by atoms with Gasteiger partial charge in [-0.3, -0.25) is 4.79 Å². The van der Waals surface area contributed by atoms with Crippen molar-refractivity contribution < 1.29 is 4.79 Å². The first-order valence-corrected chi connectivity index (χ1v) is 5.14. The van der Waals surface area contributed by atoms with Crippen molar-refractivity contribution in [2.24, 2.45) is 0 Å². The van der Waals surface area contributed by atoms with Gasteiger partial charge in [-0.05, 0) is 11.6 Å². The molecule has 0 radical (unpaired) electrons. The van der Waals surface area contributed by atoms with E-state index in [1.807, 2.05) is 24.3 Å². The summed E-state index contributed by atoms with van der Waals surface area (Å²) in [7, 11) is 0. The molecule has 1 aromatic rings. The molecule has 1 heterocycles. The Morgan fingerprint density at radius 2 is 2.07 bits per heavy atom. The second-order valence-electron chi connectivity index (χ2n) is 3.52. The third-order valence-corrected chi connectivity index (χ3v) is 2.85. The lowest BCUT2D eigenvalue weighted by Gasteiger charge is -2.23. The molecule has 82 valence electrons. The molecule has 15 heavy (non-hydrogen) atoms. The molecule has 1 unspecified atom stereocenters. The normalized spacial score (nSPS) is 20.9. The van der Waals surface area contributed by atoms with E-state index in [1.165, 1.54) is 0 Å². The smallest absolute Gasteiger partial charge is 0.136 e. The summed E-state index contributed by atoms with van der Waals surface area (Å²) in [5.41, 5.74) is 1.03. The van der Waals surface area contributed by atoms with Crippen LogP contribution in [0.25, 0.3) is 0 Å². The Kier molecular flexibility index (Phi) is 4.58. The Morgan fingerprint density at radius 3 is 2.73 bits per heavy atom. The Hall–Kier alpha value is -0.570. The number of hydrogen-bond donors (Lipinski definition) is 1. The number of carbonyl (C=O) groups excluding carboxylic acids is 1. The minimum Gasteiger partial charge on any atom is -0.309 e. The summed E-state index contributed by atoms with van der Waals surface area (Å²) in [5.74, 6) is 0.314. The van der Waals surface area contributed by atoms with Crippen molar-refractivity contribution in [1.82, 2.24) is 5.32 Å². The number of hydrogen-bond acceptors (Lipinski definition) is 2. The average Bonchev–Trinajstić information content (AvgIpc) is 2.18. The van der Waals surface area contributed by atoms with E-state index >= 15 is 0 Å². The molecule has 1 saturated heterocycles. The molecule has 0 amide bonds. The van der Waals surface area contributed by atoms with Crippen molar-refractivity contribution in [2.75, 3.05) is 6.54 Å². The monoisotopic (exact) mass is 245 g/mol. The lowest BCUT2D eigenvalue weighted by molar-refractivity contribution is -0.120. The van der Waals surface area contributed by atoms with Crippen molar-refractivity contribution in [3.8, 4) is 0 Å². The second-order valence-corrected chi connectivity index (χ2v) is 3.93. The Balaban J connectivity index is 0.00000112. The zero-order chi connectivity index (χ0) is 9.97. The number of carbonyl (C=O) groups is 1. The quantitative estimate of drug-likeness (QED) is 0.825. The van der Waals surface area contributed by atoms with Crippen LogP contribution >= 0.6 is 24.0 Å². The lowest BCUT2D eigenvalue weighted by Crippen LogP contribution is -2.31. The van der Waals surface area contributed by atoms with E-state index in [1.54, 1.807) is 0 Å². The van der Waals surface area contributed by atoms with Crippen molar-refractivity contribution >= 4 is 29.8 Å². The number of halogens is 2. The maximum atomic E-state index is 11.3. The van der Waals surface area contributed by atoms with E-state index in [9.17, 15) is 4.79 Å². The number of rotatable bonds is 1. The van der Waals surface area contributed by atoms with Crippen molar-refractivity contribution in [2.45, 2.75) is 18.9 Å². The maximum absolute atomic E-state index is 11.3. The van der Waals surface area contributed by atoms with Gasteiger partial charge in [0, 0.05) is 30.5 Å². The molecule has 1 aliphatic heterocycles. The zero-order valence-electron chi connectivity index (χ0n) is 8.20. The molecule has 1 aromatic carbocycles. The van der Waals surface area contributed by atoms with E-state index in [2.05, 4.69) is 5.32 Å².